The van der Waals surface area contributed by atoms with E-state index in [1.165, 1.54) is 5.06 Å². The van der Waals surface area contributed by atoms with E-state index in [0.29, 0.717) is 25.7 Å². The normalized spacial score (nSPS) is 33.7. The zero-order valence-corrected chi connectivity index (χ0v) is 15.5. The van der Waals surface area contributed by atoms with Crippen LogP contribution in [0, 0.1) is 0 Å². The molecule has 0 atom stereocenters. The third kappa shape index (κ3) is 3.96. The van der Waals surface area contributed by atoms with E-state index in [4.69, 9.17) is 11.6 Å². The Bertz CT molecular complexity index is 481. The smallest absolute Gasteiger partial charge is 0.214 e. The molecule has 0 radical (unpaired) electrons. The van der Waals surface area contributed by atoms with Crippen molar-refractivity contribution in [3.05, 3.63) is 0 Å². The minimum absolute atomic E-state index is 0.113. The molecule has 0 unspecified atom stereocenters. The van der Waals surface area contributed by atoms with Crippen molar-refractivity contribution in [3.63, 3.8) is 0 Å². The first kappa shape index (κ1) is 18.5. The van der Waals surface area contributed by atoms with Gasteiger partial charge in [0.1, 0.15) is 0 Å². The summed E-state index contributed by atoms with van der Waals surface area (Å²) >= 11 is 6.07. The number of nitrogens with one attached hydrogen (secondary N) is 1. The van der Waals surface area contributed by atoms with Gasteiger partial charge in [-0.05, 0) is 66.2 Å². The van der Waals surface area contributed by atoms with Crippen LogP contribution in [0.5, 0.6) is 0 Å². The molecule has 1 heterocycles. The first-order chi connectivity index (χ1) is 9.94. The quantitative estimate of drug-likeness (QED) is 0.766. The Morgan fingerprint density at radius 1 is 1.05 bits per heavy atom. The summed E-state index contributed by atoms with van der Waals surface area (Å²) in [7, 11) is -3.33. The average molecular weight is 353 g/mol. The predicted octanol–water partition coefficient (Wildman–Crippen LogP) is 2.87. The highest BCUT2D eigenvalue weighted by Crippen LogP contribution is 2.37. The molecule has 0 aromatic rings. The molecule has 1 aliphatic heterocycles. The molecule has 0 aromatic heterocycles. The molecule has 1 saturated carbocycles. The summed E-state index contributed by atoms with van der Waals surface area (Å²) in [5.41, 5.74) is -0.911. The highest BCUT2D eigenvalue weighted by molar-refractivity contribution is 7.90. The molecule has 2 fully saturated rings. The van der Waals surface area contributed by atoms with Crippen LogP contribution >= 0.6 is 11.6 Å². The molecule has 0 bridgehead atoms. The fourth-order valence-corrected chi connectivity index (χ4v) is 5.98. The molecule has 2 rings (SSSR count). The zero-order chi connectivity index (χ0) is 16.8. The van der Waals surface area contributed by atoms with E-state index in [2.05, 4.69) is 4.72 Å². The van der Waals surface area contributed by atoms with E-state index in [1.807, 2.05) is 27.7 Å². The summed E-state index contributed by atoms with van der Waals surface area (Å²) in [5.74, 6) is 0. The van der Waals surface area contributed by atoms with Gasteiger partial charge in [0, 0.05) is 22.5 Å². The molecule has 2 N–H and O–H groups in total. The van der Waals surface area contributed by atoms with Crippen LogP contribution in [-0.2, 0) is 10.0 Å². The summed E-state index contributed by atoms with van der Waals surface area (Å²) in [6.07, 6.45) is 3.98. The number of hydroxylamine groups is 2. The van der Waals surface area contributed by atoms with Gasteiger partial charge in [0.2, 0.25) is 10.0 Å². The summed E-state index contributed by atoms with van der Waals surface area (Å²) in [5, 5.41) is 11.4. The van der Waals surface area contributed by atoms with Crippen LogP contribution in [0.25, 0.3) is 0 Å². The summed E-state index contributed by atoms with van der Waals surface area (Å²) in [4.78, 5) is 0. The van der Waals surface area contributed by atoms with Gasteiger partial charge in [0.25, 0.3) is 0 Å². The second-order valence-corrected chi connectivity index (χ2v) is 10.7. The van der Waals surface area contributed by atoms with Crippen molar-refractivity contribution in [2.24, 2.45) is 0 Å². The molecule has 0 amide bonds. The van der Waals surface area contributed by atoms with Gasteiger partial charge in [-0.15, -0.1) is 11.6 Å². The van der Waals surface area contributed by atoms with Gasteiger partial charge in [0.05, 0.1) is 5.25 Å². The molecular formula is C15H29ClN2O3S. The lowest BCUT2D eigenvalue weighted by Crippen LogP contribution is -2.63. The molecule has 22 heavy (non-hydrogen) atoms. The van der Waals surface area contributed by atoms with Crippen LogP contribution in [0.2, 0.25) is 0 Å². The maximum Gasteiger partial charge on any atom is 0.214 e. The number of piperidine rings is 1. The van der Waals surface area contributed by atoms with Crippen molar-refractivity contribution in [2.45, 2.75) is 94.0 Å². The minimum Gasteiger partial charge on any atom is -0.313 e. The van der Waals surface area contributed by atoms with Crippen LogP contribution in [0.1, 0.15) is 66.2 Å². The molecule has 0 aromatic carbocycles. The van der Waals surface area contributed by atoms with Crippen LogP contribution in [0.4, 0.5) is 0 Å². The molecule has 5 nitrogen and oxygen atoms in total. The topological polar surface area (TPSA) is 69.6 Å². The third-order valence-corrected chi connectivity index (χ3v) is 7.46. The average Bonchev–Trinajstić information content (AvgIpc) is 2.35. The second-order valence-electron chi connectivity index (χ2n) is 8.08. The lowest BCUT2D eigenvalue weighted by Gasteiger charge is -2.51. The number of sulfonamides is 1. The van der Waals surface area contributed by atoms with Crippen LogP contribution < -0.4 is 4.72 Å². The van der Waals surface area contributed by atoms with E-state index >= 15 is 0 Å². The highest BCUT2D eigenvalue weighted by Gasteiger charge is 2.46. The molecule has 2 aliphatic rings. The van der Waals surface area contributed by atoms with E-state index in [1.54, 1.807) is 0 Å². The Kier molecular flexibility index (Phi) is 5.21. The van der Waals surface area contributed by atoms with Crippen molar-refractivity contribution < 1.29 is 13.6 Å². The number of alkyl halides is 1. The van der Waals surface area contributed by atoms with Gasteiger partial charge < -0.3 is 5.21 Å². The molecule has 7 heteroatoms. The number of hydrogen-bond acceptors (Lipinski definition) is 4. The van der Waals surface area contributed by atoms with Gasteiger partial charge >= 0.3 is 0 Å². The first-order valence-electron chi connectivity index (χ1n) is 8.08. The number of rotatable bonds is 3. The Labute approximate surface area is 139 Å². The third-order valence-electron chi connectivity index (χ3n) is 5.01. The van der Waals surface area contributed by atoms with E-state index in [9.17, 15) is 13.6 Å². The Morgan fingerprint density at radius 2 is 1.50 bits per heavy atom. The Balaban J connectivity index is 2.06. The van der Waals surface area contributed by atoms with Gasteiger partial charge in [0.15, 0.2) is 0 Å². The number of hydrogen-bond donors (Lipinski definition) is 2. The van der Waals surface area contributed by atoms with E-state index in [-0.39, 0.29) is 16.7 Å². The van der Waals surface area contributed by atoms with Crippen LogP contribution in [0.3, 0.4) is 0 Å². The van der Waals surface area contributed by atoms with Gasteiger partial charge in [-0.3, -0.25) is 0 Å². The van der Waals surface area contributed by atoms with Crippen molar-refractivity contribution in [1.29, 1.82) is 0 Å². The molecule has 0 spiro atoms. The maximum atomic E-state index is 12.6. The Hall–Kier alpha value is 0.120. The van der Waals surface area contributed by atoms with Crippen LogP contribution in [-0.4, -0.2) is 46.4 Å². The standard InChI is InChI=1S/C15H29ClN2O3S/c1-14(2)9-12(10-15(3,4)18(14)19)17-22(20,21)13-7-5-11(16)6-8-13/h11-13,17,19H,5-10H2,1-4H3. The molecule has 1 aliphatic carbocycles. The largest absolute Gasteiger partial charge is 0.313 e. The maximum absolute atomic E-state index is 12.6. The van der Waals surface area contributed by atoms with Crippen LogP contribution in [0.15, 0.2) is 0 Å². The number of nitrogens with zero attached hydrogens (tertiary/aromatic N) is 1. The summed E-state index contributed by atoms with van der Waals surface area (Å²) in [6.45, 7) is 7.75. The fraction of sp³-hybridized carbons (Fsp3) is 1.00. The molecule has 130 valence electrons. The summed E-state index contributed by atoms with van der Waals surface area (Å²) in [6, 6.07) is -0.146. The number of halogens is 1. The SMILES string of the molecule is CC1(C)CC(NS(=O)(=O)C2CCC(Cl)CC2)CC(C)(C)N1O. The van der Waals surface area contributed by atoms with Crippen molar-refractivity contribution in [3.8, 4) is 0 Å². The van der Waals surface area contributed by atoms with Crippen molar-refractivity contribution in [2.75, 3.05) is 0 Å². The van der Waals surface area contributed by atoms with Gasteiger partial charge in [-0.2, -0.15) is 5.06 Å². The van der Waals surface area contributed by atoms with E-state index < -0.39 is 21.1 Å². The first-order valence-corrected chi connectivity index (χ1v) is 10.1. The fourth-order valence-electron chi connectivity index (χ4n) is 4.01. The predicted molar refractivity (Wildman–Crippen MR) is 88.8 cm³/mol. The lowest BCUT2D eigenvalue weighted by molar-refractivity contribution is -0.245. The van der Waals surface area contributed by atoms with Gasteiger partial charge in [-0.1, -0.05) is 0 Å². The van der Waals surface area contributed by atoms with Crippen molar-refractivity contribution >= 4 is 21.6 Å². The minimum atomic E-state index is -3.33. The zero-order valence-electron chi connectivity index (χ0n) is 14.0. The van der Waals surface area contributed by atoms with E-state index in [0.717, 1.165) is 12.8 Å². The Morgan fingerprint density at radius 3 is 1.95 bits per heavy atom. The van der Waals surface area contributed by atoms with Gasteiger partial charge in [-0.25, -0.2) is 13.1 Å². The monoisotopic (exact) mass is 352 g/mol. The lowest BCUT2D eigenvalue weighted by atomic mass is 9.79. The van der Waals surface area contributed by atoms with Crippen molar-refractivity contribution in [1.82, 2.24) is 9.79 Å². The second kappa shape index (κ2) is 6.20. The molecule has 1 saturated heterocycles. The molecular weight excluding hydrogens is 324 g/mol. The summed E-state index contributed by atoms with van der Waals surface area (Å²) < 4.78 is 28.2. The highest BCUT2D eigenvalue weighted by atomic mass is 35.5.